The second kappa shape index (κ2) is 7.40. The molecule has 0 aliphatic carbocycles. The number of hydrogen-bond acceptors (Lipinski definition) is 6. The summed E-state index contributed by atoms with van der Waals surface area (Å²) in [5.41, 5.74) is 1.95. The molecule has 1 saturated heterocycles. The molecule has 0 spiro atoms. The third-order valence-corrected chi connectivity index (χ3v) is 5.22. The van der Waals surface area contributed by atoms with Gasteiger partial charge in [-0.15, -0.1) is 0 Å². The Morgan fingerprint density at radius 3 is 2.52 bits per heavy atom. The highest BCUT2D eigenvalue weighted by Crippen LogP contribution is 2.37. The number of ether oxygens (including phenoxy) is 2. The average Bonchev–Trinajstić information content (AvgIpc) is 2.73. The second-order valence-electron chi connectivity index (χ2n) is 6.74. The van der Waals surface area contributed by atoms with Gasteiger partial charge in [0.05, 0.1) is 25.8 Å². The van der Waals surface area contributed by atoms with Crippen LogP contribution in [0.2, 0.25) is 0 Å². The third-order valence-electron chi connectivity index (χ3n) is 5.22. The number of aliphatic hydroxyl groups excluding tert-OH is 1. The van der Waals surface area contributed by atoms with Gasteiger partial charge in [0, 0.05) is 30.5 Å². The van der Waals surface area contributed by atoms with Crippen LogP contribution in [0.25, 0.3) is 10.9 Å². The summed E-state index contributed by atoms with van der Waals surface area (Å²) in [6.07, 6.45) is 1.91. The first-order chi connectivity index (χ1) is 13.2. The molecular weight excluding hydrogens is 342 g/mol. The number of piperidine rings is 1. The number of anilines is 1. The minimum absolute atomic E-state index is 0.0464. The van der Waals surface area contributed by atoms with Gasteiger partial charge in [-0.3, -0.25) is 0 Å². The zero-order chi connectivity index (χ0) is 18.8. The van der Waals surface area contributed by atoms with Crippen molar-refractivity contribution in [2.45, 2.75) is 18.4 Å². The summed E-state index contributed by atoms with van der Waals surface area (Å²) in [6, 6.07) is 14.0. The first-order valence-electron chi connectivity index (χ1n) is 9.06. The Kier molecular flexibility index (Phi) is 4.81. The van der Waals surface area contributed by atoms with Crippen molar-refractivity contribution in [2.24, 2.45) is 0 Å². The highest BCUT2D eigenvalue weighted by Gasteiger charge is 2.30. The third kappa shape index (κ3) is 3.28. The van der Waals surface area contributed by atoms with Crippen LogP contribution in [-0.2, 0) is 0 Å². The smallest absolute Gasteiger partial charge is 0.162 e. The lowest BCUT2D eigenvalue weighted by atomic mass is 9.88. The molecule has 1 fully saturated rings. The quantitative estimate of drug-likeness (QED) is 0.767. The Hall–Kier alpha value is -2.86. The summed E-state index contributed by atoms with van der Waals surface area (Å²) in [7, 11) is 3.23. The van der Waals surface area contributed by atoms with Gasteiger partial charge in [0.15, 0.2) is 11.5 Å². The summed E-state index contributed by atoms with van der Waals surface area (Å²) >= 11 is 0. The van der Waals surface area contributed by atoms with Crippen molar-refractivity contribution in [3.8, 4) is 11.5 Å². The zero-order valence-corrected chi connectivity index (χ0v) is 15.5. The lowest BCUT2D eigenvalue weighted by Gasteiger charge is -2.37. The highest BCUT2D eigenvalue weighted by atomic mass is 16.5. The number of rotatable bonds is 4. The molecule has 0 bridgehead atoms. The van der Waals surface area contributed by atoms with Crippen LogP contribution in [0.5, 0.6) is 11.5 Å². The van der Waals surface area contributed by atoms with Gasteiger partial charge in [0.1, 0.15) is 12.1 Å². The molecular formula is C21H23N3O3. The standard InChI is InChI=1S/C21H23N3O3/c1-26-19-10-15-17(11-20(19)27-2)22-13-23-21(15)24-9-8-18(25)16(12-24)14-6-4-3-5-7-14/h3-7,10-11,13,16,18,25H,8-9,12H2,1-2H3/t16-,18+/m1/s1. The van der Waals surface area contributed by atoms with Crippen molar-refractivity contribution in [1.82, 2.24) is 9.97 Å². The Morgan fingerprint density at radius 2 is 1.78 bits per heavy atom. The van der Waals surface area contributed by atoms with Crippen molar-refractivity contribution < 1.29 is 14.6 Å². The topological polar surface area (TPSA) is 67.7 Å². The Morgan fingerprint density at radius 1 is 1.04 bits per heavy atom. The largest absolute Gasteiger partial charge is 0.493 e. The molecule has 0 saturated carbocycles. The van der Waals surface area contributed by atoms with Crippen LogP contribution in [0.3, 0.4) is 0 Å². The summed E-state index contributed by atoms with van der Waals surface area (Å²) in [5, 5.41) is 11.5. The molecule has 0 radical (unpaired) electrons. The van der Waals surface area contributed by atoms with Crippen molar-refractivity contribution in [2.75, 3.05) is 32.2 Å². The van der Waals surface area contributed by atoms with E-state index in [1.165, 1.54) is 0 Å². The lowest BCUT2D eigenvalue weighted by molar-refractivity contribution is 0.122. The van der Waals surface area contributed by atoms with E-state index in [-0.39, 0.29) is 12.0 Å². The van der Waals surface area contributed by atoms with Crippen molar-refractivity contribution in [3.05, 3.63) is 54.4 Å². The minimum Gasteiger partial charge on any atom is -0.493 e. The fourth-order valence-electron chi connectivity index (χ4n) is 3.78. The van der Waals surface area contributed by atoms with Crippen molar-refractivity contribution in [3.63, 3.8) is 0 Å². The van der Waals surface area contributed by atoms with Gasteiger partial charge in [-0.25, -0.2) is 9.97 Å². The fourth-order valence-corrected chi connectivity index (χ4v) is 3.78. The predicted octanol–water partition coefficient (Wildman–Crippen LogP) is 3.00. The van der Waals surface area contributed by atoms with Crippen LogP contribution in [0.15, 0.2) is 48.8 Å². The number of benzene rings is 2. The van der Waals surface area contributed by atoms with Gasteiger partial charge in [-0.05, 0) is 18.1 Å². The average molecular weight is 365 g/mol. The van der Waals surface area contributed by atoms with Crippen LogP contribution >= 0.6 is 0 Å². The second-order valence-corrected chi connectivity index (χ2v) is 6.74. The SMILES string of the molecule is COc1cc2ncnc(N3CC[C@H](O)[C@@H](c4ccccc4)C3)c2cc1OC. The molecule has 1 aromatic heterocycles. The maximum absolute atomic E-state index is 10.6. The van der Waals surface area contributed by atoms with E-state index in [9.17, 15) is 5.11 Å². The van der Waals surface area contributed by atoms with E-state index in [0.717, 1.165) is 28.8 Å². The number of hydrogen-bond donors (Lipinski definition) is 1. The number of aliphatic hydroxyl groups is 1. The van der Waals surface area contributed by atoms with Crippen LogP contribution in [0.1, 0.15) is 17.9 Å². The maximum atomic E-state index is 10.6. The van der Waals surface area contributed by atoms with Gasteiger partial charge in [0.2, 0.25) is 0 Å². The molecule has 6 heteroatoms. The van der Waals surface area contributed by atoms with Gasteiger partial charge in [0.25, 0.3) is 0 Å². The molecule has 4 rings (SSSR count). The molecule has 2 heterocycles. The van der Waals surface area contributed by atoms with Crippen LogP contribution in [0.4, 0.5) is 5.82 Å². The first kappa shape index (κ1) is 17.5. The summed E-state index contributed by atoms with van der Waals surface area (Å²) in [5.74, 6) is 2.20. The van der Waals surface area contributed by atoms with E-state index >= 15 is 0 Å². The number of nitrogens with zero attached hydrogens (tertiary/aromatic N) is 3. The van der Waals surface area contributed by atoms with Gasteiger partial charge in [-0.2, -0.15) is 0 Å². The lowest BCUT2D eigenvalue weighted by Crippen LogP contribution is -2.42. The molecule has 2 atom stereocenters. The minimum atomic E-state index is -0.355. The monoisotopic (exact) mass is 365 g/mol. The number of fused-ring (bicyclic) bond motifs is 1. The van der Waals surface area contributed by atoms with Crippen LogP contribution < -0.4 is 14.4 Å². The van der Waals surface area contributed by atoms with Gasteiger partial charge in [-0.1, -0.05) is 30.3 Å². The molecule has 140 valence electrons. The molecule has 1 aliphatic rings. The summed E-state index contributed by atoms with van der Waals surface area (Å²) in [4.78, 5) is 11.2. The van der Waals surface area contributed by atoms with E-state index < -0.39 is 0 Å². The number of methoxy groups -OCH3 is 2. The van der Waals surface area contributed by atoms with E-state index in [4.69, 9.17) is 9.47 Å². The van der Waals surface area contributed by atoms with Crippen LogP contribution in [0, 0.1) is 0 Å². The summed E-state index contributed by atoms with van der Waals surface area (Å²) in [6.45, 7) is 1.44. The van der Waals surface area contributed by atoms with E-state index in [0.29, 0.717) is 24.5 Å². The Labute approximate surface area is 158 Å². The maximum Gasteiger partial charge on any atom is 0.162 e. The molecule has 6 nitrogen and oxygen atoms in total. The molecule has 1 aliphatic heterocycles. The van der Waals surface area contributed by atoms with Gasteiger partial charge >= 0.3 is 0 Å². The van der Waals surface area contributed by atoms with Crippen molar-refractivity contribution >= 4 is 16.7 Å². The number of aromatic nitrogens is 2. The Balaban J connectivity index is 1.73. The van der Waals surface area contributed by atoms with E-state index in [2.05, 4.69) is 27.0 Å². The first-order valence-corrected chi connectivity index (χ1v) is 9.06. The van der Waals surface area contributed by atoms with E-state index in [1.807, 2.05) is 30.3 Å². The molecule has 0 amide bonds. The van der Waals surface area contributed by atoms with Crippen molar-refractivity contribution in [1.29, 1.82) is 0 Å². The summed E-state index contributed by atoms with van der Waals surface area (Å²) < 4.78 is 10.8. The molecule has 0 unspecified atom stereocenters. The molecule has 3 aromatic rings. The molecule has 27 heavy (non-hydrogen) atoms. The van der Waals surface area contributed by atoms with Crippen LogP contribution in [-0.4, -0.2) is 48.5 Å². The fraction of sp³-hybridized carbons (Fsp3) is 0.333. The molecule has 2 aromatic carbocycles. The zero-order valence-electron chi connectivity index (χ0n) is 15.5. The molecule has 1 N–H and O–H groups in total. The van der Waals surface area contributed by atoms with E-state index in [1.54, 1.807) is 20.5 Å². The Bertz CT molecular complexity index is 933. The normalized spacial score (nSPS) is 19.9. The predicted molar refractivity (Wildman–Crippen MR) is 105 cm³/mol. The van der Waals surface area contributed by atoms with Gasteiger partial charge < -0.3 is 19.5 Å². The highest BCUT2D eigenvalue weighted by molar-refractivity contribution is 5.92.